The van der Waals surface area contributed by atoms with Gasteiger partial charge in [0.05, 0.1) is 0 Å². The predicted molar refractivity (Wildman–Crippen MR) is 57.2 cm³/mol. The number of nitrogens with zero attached hydrogens (tertiary/aromatic N) is 2. The van der Waals surface area contributed by atoms with Crippen LogP contribution in [0.15, 0.2) is 12.4 Å². The fraction of sp³-hybridized carbons (Fsp3) is 0.636. The Labute approximate surface area is 85.0 Å². The van der Waals surface area contributed by atoms with Crippen LogP contribution in [-0.2, 0) is 0 Å². The lowest BCUT2D eigenvalue weighted by Gasteiger charge is -2.12. The summed E-state index contributed by atoms with van der Waals surface area (Å²) < 4.78 is 0. The Morgan fingerprint density at radius 1 is 1.43 bits per heavy atom. The van der Waals surface area contributed by atoms with E-state index in [0.717, 1.165) is 17.4 Å². The Balaban J connectivity index is 1.85. The number of anilines is 1. The largest absolute Gasteiger partial charge is 0.352 e. The van der Waals surface area contributed by atoms with E-state index in [4.69, 9.17) is 0 Å². The van der Waals surface area contributed by atoms with Crippen LogP contribution >= 0.6 is 0 Å². The Bertz CT molecular complexity index is 290. The molecule has 0 aliphatic heterocycles. The number of hydrogen-bond acceptors (Lipinski definition) is 3. The normalized spacial score (nSPS) is 17.9. The fourth-order valence-corrected chi connectivity index (χ4v) is 1.60. The highest BCUT2D eigenvalue weighted by Gasteiger charge is 2.23. The molecule has 0 bridgehead atoms. The van der Waals surface area contributed by atoms with Gasteiger partial charge in [0, 0.05) is 18.4 Å². The van der Waals surface area contributed by atoms with Crippen LogP contribution in [0.3, 0.4) is 0 Å². The van der Waals surface area contributed by atoms with Crippen molar-refractivity contribution < 1.29 is 0 Å². The van der Waals surface area contributed by atoms with Gasteiger partial charge in [-0.1, -0.05) is 12.8 Å². The highest BCUT2D eigenvalue weighted by molar-refractivity contribution is 5.25. The Hall–Kier alpha value is -1.12. The highest BCUT2D eigenvalue weighted by atomic mass is 15.1. The lowest BCUT2D eigenvalue weighted by atomic mass is 10.2. The first-order chi connectivity index (χ1) is 6.74. The van der Waals surface area contributed by atoms with Crippen molar-refractivity contribution in [2.45, 2.75) is 39.2 Å². The van der Waals surface area contributed by atoms with Crippen molar-refractivity contribution in [3.05, 3.63) is 18.0 Å². The first kappa shape index (κ1) is 9.44. The van der Waals surface area contributed by atoms with Crippen molar-refractivity contribution >= 4 is 5.95 Å². The Morgan fingerprint density at radius 2 is 2.07 bits per heavy atom. The highest BCUT2D eigenvalue weighted by Crippen LogP contribution is 2.33. The van der Waals surface area contributed by atoms with Gasteiger partial charge in [-0.25, -0.2) is 9.97 Å². The molecule has 2 rings (SSSR count). The second-order valence-electron chi connectivity index (χ2n) is 4.31. The predicted octanol–water partition coefficient (Wildman–Crippen LogP) is 2.39. The Kier molecular flexibility index (Phi) is 2.66. The van der Waals surface area contributed by atoms with Crippen LogP contribution in [0.1, 0.15) is 31.7 Å². The monoisotopic (exact) mass is 191 g/mol. The summed E-state index contributed by atoms with van der Waals surface area (Å²) in [5.41, 5.74) is 1.10. The minimum absolute atomic E-state index is 0.491. The van der Waals surface area contributed by atoms with Crippen molar-refractivity contribution in [3.8, 4) is 0 Å². The Morgan fingerprint density at radius 3 is 2.64 bits per heavy atom. The summed E-state index contributed by atoms with van der Waals surface area (Å²) in [5.74, 6) is 1.70. The first-order valence-corrected chi connectivity index (χ1v) is 5.29. The van der Waals surface area contributed by atoms with Crippen molar-refractivity contribution in [1.82, 2.24) is 9.97 Å². The van der Waals surface area contributed by atoms with E-state index >= 15 is 0 Å². The third-order valence-electron chi connectivity index (χ3n) is 2.54. The number of aromatic nitrogens is 2. The minimum Gasteiger partial charge on any atom is -0.352 e. The van der Waals surface area contributed by atoms with Gasteiger partial charge >= 0.3 is 0 Å². The quantitative estimate of drug-likeness (QED) is 0.794. The molecule has 1 aliphatic carbocycles. The molecule has 1 heterocycles. The van der Waals surface area contributed by atoms with E-state index in [0.29, 0.717) is 6.04 Å². The van der Waals surface area contributed by atoms with E-state index in [1.165, 1.54) is 19.3 Å². The van der Waals surface area contributed by atoms with Crippen molar-refractivity contribution in [2.75, 3.05) is 5.32 Å². The molecule has 0 spiro atoms. The SMILES string of the molecule is Cc1cnc(NC(C)CC2CC2)nc1. The molecule has 1 saturated carbocycles. The van der Waals surface area contributed by atoms with Gasteiger partial charge in [0.2, 0.25) is 5.95 Å². The molecule has 3 nitrogen and oxygen atoms in total. The van der Waals surface area contributed by atoms with Crippen LogP contribution in [0.2, 0.25) is 0 Å². The van der Waals surface area contributed by atoms with Crippen LogP contribution < -0.4 is 5.32 Å². The summed E-state index contributed by atoms with van der Waals surface area (Å²) in [4.78, 5) is 8.45. The van der Waals surface area contributed by atoms with Gasteiger partial charge in [-0.15, -0.1) is 0 Å². The standard InChI is InChI=1S/C11H17N3/c1-8-6-12-11(13-7-8)14-9(2)5-10-3-4-10/h6-7,9-10H,3-5H2,1-2H3,(H,12,13,14). The summed E-state index contributed by atoms with van der Waals surface area (Å²) in [7, 11) is 0. The van der Waals surface area contributed by atoms with Gasteiger partial charge in [0.25, 0.3) is 0 Å². The molecule has 1 aromatic heterocycles. The average molecular weight is 191 g/mol. The molecule has 14 heavy (non-hydrogen) atoms. The summed E-state index contributed by atoms with van der Waals surface area (Å²) in [6.07, 6.45) is 7.75. The summed E-state index contributed by atoms with van der Waals surface area (Å²) in [5, 5.41) is 3.32. The van der Waals surface area contributed by atoms with E-state index in [1.807, 2.05) is 19.3 Å². The lowest BCUT2D eigenvalue weighted by Crippen LogP contribution is -2.17. The first-order valence-electron chi connectivity index (χ1n) is 5.29. The molecule has 1 fully saturated rings. The van der Waals surface area contributed by atoms with Gasteiger partial charge in [-0.3, -0.25) is 0 Å². The topological polar surface area (TPSA) is 37.8 Å². The molecule has 76 valence electrons. The van der Waals surface area contributed by atoms with Crippen LogP contribution in [0.25, 0.3) is 0 Å². The number of rotatable bonds is 4. The van der Waals surface area contributed by atoms with E-state index in [9.17, 15) is 0 Å². The summed E-state index contributed by atoms with van der Waals surface area (Å²) in [6, 6.07) is 0.491. The maximum Gasteiger partial charge on any atom is 0.222 e. The molecule has 0 radical (unpaired) electrons. The maximum absolute atomic E-state index is 4.22. The molecule has 1 atom stereocenters. The molecule has 0 aromatic carbocycles. The molecule has 1 N–H and O–H groups in total. The zero-order chi connectivity index (χ0) is 9.97. The number of hydrogen-bond donors (Lipinski definition) is 1. The summed E-state index contributed by atoms with van der Waals surface area (Å²) in [6.45, 7) is 4.19. The lowest BCUT2D eigenvalue weighted by molar-refractivity contribution is 0.637. The molecule has 1 aliphatic rings. The van der Waals surface area contributed by atoms with Gasteiger partial charge in [0.15, 0.2) is 0 Å². The zero-order valence-electron chi connectivity index (χ0n) is 8.83. The molecule has 0 amide bonds. The van der Waals surface area contributed by atoms with Gasteiger partial charge in [-0.2, -0.15) is 0 Å². The molecular weight excluding hydrogens is 174 g/mol. The van der Waals surface area contributed by atoms with Gasteiger partial charge in [-0.05, 0) is 31.7 Å². The van der Waals surface area contributed by atoms with Crippen LogP contribution in [0.4, 0.5) is 5.95 Å². The van der Waals surface area contributed by atoms with Crippen LogP contribution in [0, 0.1) is 12.8 Å². The molecular formula is C11H17N3. The van der Waals surface area contributed by atoms with Gasteiger partial charge < -0.3 is 5.32 Å². The van der Waals surface area contributed by atoms with Gasteiger partial charge in [0.1, 0.15) is 0 Å². The van der Waals surface area contributed by atoms with Crippen LogP contribution in [0.5, 0.6) is 0 Å². The van der Waals surface area contributed by atoms with Crippen molar-refractivity contribution in [2.24, 2.45) is 5.92 Å². The second kappa shape index (κ2) is 3.95. The van der Waals surface area contributed by atoms with E-state index < -0.39 is 0 Å². The van der Waals surface area contributed by atoms with Crippen LogP contribution in [-0.4, -0.2) is 16.0 Å². The summed E-state index contributed by atoms with van der Waals surface area (Å²) >= 11 is 0. The second-order valence-corrected chi connectivity index (χ2v) is 4.31. The van der Waals surface area contributed by atoms with E-state index in [2.05, 4.69) is 22.2 Å². The average Bonchev–Trinajstić information content (AvgIpc) is 2.93. The molecule has 0 saturated heterocycles. The van der Waals surface area contributed by atoms with E-state index in [-0.39, 0.29) is 0 Å². The van der Waals surface area contributed by atoms with Crippen molar-refractivity contribution in [1.29, 1.82) is 0 Å². The molecule has 1 unspecified atom stereocenters. The number of nitrogens with one attached hydrogen (secondary N) is 1. The van der Waals surface area contributed by atoms with Crippen molar-refractivity contribution in [3.63, 3.8) is 0 Å². The zero-order valence-corrected chi connectivity index (χ0v) is 8.83. The fourth-order valence-electron chi connectivity index (χ4n) is 1.60. The third-order valence-corrected chi connectivity index (χ3v) is 2.54. The number of aryl methyl sites for hydroxylation is 1. The van der Waals surface area contributed by atoms with E-state index in [1.54, 1.807) is 0 Å². The smallest absolute Gasteiger partial charge is 0.222 e. The molecule has 1 aromatic rings. The maximum atomic E-state index is 4.22. The minimum atomic E-state index is 0.491. The molecule has 3 heteroatoms. The third kappa shape index (κ3) is 2.69.